The maximum Gasteiger partial charge on any atom is 0.330 e. The van der Waals surface area contributed by atoms with Crippen LogP contribution in [0, 0.1) is 18.3 Å². The summed E-state index contributed by atoms with van der Waals surface area (Å²) in [6.07, 6.45) is 0.0415. The SMILES string of the molecule is Cc1cc(OC(C)C)c(C(C)C)cc1C(Nc1ccc(C#N)cc1)C(=O)O. The molecular weight excluding hydrogens is 340 g/mol. The number of anilines is 1. The Bertz CT molecular complexity index is 849. The number of nitriles is 1. The molecule has 1 unspecified atom stereocenters. The fraction of sp³-hybridized carbons (Fsp3) is 0.364. The van der Waals surface area contributed by atoms with Crippen LogP contribution in [0.5, 0.6) is 5.75 Å². The number of carboxylic acids is 1. The molecule has 2 aromatic carbocycles. The first-order valence-electron chi connectivity index (χ1n) is 9.03. The monoisotopic (exact) mass is 366 g/mol. The van der Waals surface area contributed by atoms with Crippen LogP contribution in [0.3, 0.4) is 0 Å². The summed E-state index contributed by atoms with van der Waals surface area (Å²) in [5.74, 6) is 0.0286. The van der Waals surface area contributed by atoms with Gasteiger partial charge in [-0.2, -0.15) is 5.26 Å². The van der Waals surface area contributed by atoms with Gasteiger partial charge < -0.3 is 15.2 Å². The van der Waals surface area contributed by atoms with Crippen molar-refractivity contribution in [1.29, 1.82) is 5.26 Å². The minimum absolute atomic E-state index is 0.0415. The molecule has 0 bridgehead atoms. The molecule has 0 aliphatic carbocycles. The summed E-state index contributed by atoms with van der Waals surface area (Å²) in [6, 6.07) is 11.7. The highest BCUT2D eigenvalue weighted by Gasteiger charge is 2.24. The van der Waals surface area contributed by atoms with Gasteiger partial charge in [0.2, 0.25) is 0 Å². The molecule has 0 radical (unpaired) electrons. The molecule has 0 saturated carbocycles. The molecular formula is C22H26N2O3. The zero-order chi connectivity index (χ0) is 20.1. The fourth-order valence-electron chi connectivity index (χ4n) is 2.91. The van der Waals surface area contributed by atoms with Gasteiger partial charge in [0.25, 0.3) is 0 Å². The van der Waals surface area contributed by atoms with Crippen LogP contribution < -0.4 is 10.1 Å². The van der Waals surface area contributed by atoms with Crippen LogP contribution in [0.15, 0.2) is 36.4 Å². The average Bonchev–Trinajstić information content (AvgIpc) is 2.59. The highest BCUT2D eigenvalue weighted by molar-refractivity contribution is 5.80. The summed E-state index contributed by atoms with van der Waals surface area (Å²) >= 11 is 0. The molecule has 0 heterocycles. The Morgan fingerprint density at radius 3 is 2.22 bits per heavy atom. The lowest BCUT2D eigenvalue weighted by atomic mass is 9.92. The maximum absolute atomic E-state index is 12.0. The summed E-state index contributed by atoms with van der Waals surface area (Å²) in [5.41, 5.74) is 3.71. The quantitative estimate of drug-likeness (QED) is 0.719. The maximum atomic E-state index is 12.0. The van der Waals surface area contributed by atoms with Gasteiger partial charge in [-0.05, 0) is 79.8 Å². The van der Waals surface area contributed by atoms with E-state index in [4.69, 9.17) is 10.00 Å². The molecule has 0 saturated heterocycles. The van der Waals surface area contributed by atoms with Gasteiger partial charge in [-0.3, -0.25) is 0 Å². The molecule has 2 N–H and O–H groups in total. The fourth-order valence-corrected chi connectivity index (χ4v) is 2.91. The summed E-state index contributed by atoms with van der Waals surface area (Å²) in [5, 5.41) is 21.8. The van der Waals surface area contributed by atoms with E-state index in [1.807, 2.05) is 32.9 Å². The summed E-state index contributed by atoms with van der Waals surface area (Å²) in [4.78, 5) is 12.0. The second-order valence-electron chi connectivity index (χ2n) is 7.17. The number of carbonyl (C=O) groups is 1. The number of nitrogens with one attached hydrogen (secondary N) is 1. The van der Waals surface area contributed by atoms with Crippen LogP contribution >= 0.6 is 0 Å². The van der Waals surface area contributed by atoms with E-state index in [1.165, 1.54) is 0 Å². The minimum Gasteiger partial charge on any atom is -0.491 e. The van der Waals surface area contributed by atoms with Crippen molar-refractivity contribution in [3.05, 3.63) is 58.7 Å². The number of hydrogen-bond donors (Lipinski definition) is 2. The molecule has 5 nitrogen and oxygen atoms in total. The van der Waals surface area contributed by atoms with Gasteiger partial charge in [-0.1, -0.05) is 13.8 Å². The van der Waals surface area contributed by atoms with Crippen molar-refractivity contribution in [2.75, 3.05) is 5.32 Å². The molecule has 1 atom stereocenters. The first-order chi connectivity index (χ1) is 12.7. The lowest BCUT2D eigenvalue weighted by molar-refractivity contribution is -0.138. The molecule has 0 spiro atoms. The Morgan fingerprint density at radius 1 is 1.11 bits per heavy atom. The van der Waals surface area contributed by atoms with Crippen molar-refractivity contribution >= 4 is 11.7 Å². The number of ether oxygens (including phenoxy) is 1. The molecule has 5 heteroatoms. The van der Waals surface area contributed by atoms with E-state index in [0.29, 0.717) is 16.8 Å². The van der Waals surface area contributed by atoms with Gasteiger partial charge in [-0.25, -0.2) is 4.79 Å². The van der Waals surface area contributed by atoms with Crippen LogP contribution in [0.25, 0.3) is 0 Å². The van der Waals surface area contributed by atoms with Crippen molar-refractivity contribution < 1.29 is 14.6 Å². The van der Waals surface area contributed by atoms with Crippen molar-refractivity contribution in [3.63, 3.8) is 0 Å². The highest BCUT2D eigenvalue weighted by atomic mass is 16.5. The predicted molar refractivity (Wildman–Crippen MR) is 106 cm³/mol. The lowest BCUT2D eigenvalue weighted by Crippen LogP contribution is -2.22. The molecule has 2 aromatic rings. The Labute approximate surface area is 160 Å². The number of aryl methyl sites for hydroxylation is 1. The number of aliphatic carboxylic acids is 1. The molecule has 0 amide bonds. The van der Waals surface area contributed by atoms with Gasteiger partial charge in [0.15, 0.2) is 6.04 Å². The Morgan fingerprint density at radius 2 is 1.74 bits per heavy atom. The predicted octanol–water partition coefficient (Wildman–Crippen LogP) is 5.02. The summed E-state index contributed by atoms with van der Waals surface area (Å²) in [6.45, 7) is 9.96. The van der Waals surface area contributed by atoms with Crippen molar-refractivity contribution in [2.24, 2.45) is 0 Å². The zero-order valence-corrected chi connectivity index (χ0v) is 16.4. The van der Waals surface area contributed by atoms with E-state index in [-0.39, 0.29) is 12.0 Å². The van der Waals surface area contributed by atoms with Crippen LogP contribution in [0.2, 0.25) is 0 Å². The van der Waals surface area contributed by atoms with Gasteiger partial charge in [0, 0.05) is 5.69 Å². The third kappa shape index (κ3) is 5.01. The van der Waals surface area contributed by atoms with Crippen molar-refractivity contribution in [1.82, 2.24) is 0 Å². The largest absolute Gasteiger partial charge is 0.491 e. The first-order valence-corrected chi connectivity index (χ1v) is 9.03. The molecule has 0 aliphatic rings. The van der Waals surface area contributed by atoms with Crippen LogP contribution in [-0.2, 0) is 4.79 Å². The number of hydrogen-bond acceptors (Lipinski definition) is 4. The van der Waals surface area contributed by atoms with Gasteiger partial charge in [0.05, 0.1) is 17.7 Å². The van der Waals surface area contributed by atoms with Gasteiger partial charge >= 0.3 is 5.97 Å². The molecule has 0 aromatic heterocycles. The van der Waals surface area contributed by atoms with Crippen molar-refractivity contribution in [3.8, 4) is 11.8 Å². The topological polar surface area (TPSA) is 82.3 Å². The lowest BCUT2D eigenvalue weighted by Gasteiger charge is -2.23. The molecule has 2 rings (SSSR count). The molecule has 27 heavy (non-hydrogen) atoms. The zero-order valence-electron chi connectivity index (χ0n) is 16.4. The Balaban J connectivity index is 2.45. The smallest absolute Gasteiger partial charge is 0.330 e. The van der Waals surface area contributed by atoms with Crippen LogP contribution in [0.4, 0.5) is 5.69 Å². The molecule has 0 aliphatic heterocycles. The number of benzene rings is 2. The average molecular weight is 366 g/mol. The second kappa shape index (κ2) is 8.59. The second-order valence-corrected chi connectivity index (χ2v) is 7.17. The Hall–Kier alpha value is -3.00. The van der Waals surface area contributed by atoms with E-state index in [1.54, 1.807) is 24.3 Å². The summed E-state index contributed by atoms with van der Waals surface area (Å²) < 4.78 is 5.93. The standard InChI is InChI=1S/C22H26N2O3/c1-13(2)18-11-19(15(5)10-20(18)27-14(3)4)21(22(25)26)24-17-8-6-16(12-23)7-9-17/h6-11,13-14,21,24H,1-5H3,(H,25,26). The highest BCUT2D eigenvalue weighted by Crippen LogP contribution is 2.34. The van der Waals surface area contributed by atoms with E-state index in [2.05, 4.69) is 25.2 Å². The molecule has 142 valence electrons. The van der Waals surface area contributed by atoms with E-state index in [0.717, 1.165) is 16.9 Å². The molecule has 0 fully saturated rings. The normalized spacial score (nSPS) is 11.9. The third-order valence-corrected chi connectivity index (χ3v) is 4.27. The first kappa shape index (κ1) is 20.3. The van der Waals surface area contributed by atoms with Gasteiger partial charge in [0.1, 0.15) is 5.75 Å². The summed E-state index contributed by atoms with van der Waals surface area (Å²) in [7, 11) is 0. The number of rotatable bonds is 7. The number of nitrogens with zero attached hydrogens (tertiary/aromatic N) is 1. The van der Waals surface area contributed by atoms with E-state index < -0.39 is 12.0 Å². The van der Waals surface area contributed by atoms with Gasteiger partial charge in [-0.15, -0.1) is 0 Å². The van der Waals surface area contributed by atoms with E-state index in [9.17, 15) is 9.90 Å². The van der Waals surface area contributed by atoms with Crippen LogP contribution in [0.1, 0.15) is 61.9 Å². The van der Waals surface area contributed by atoms with Crippen molar-refractivity contribution in [2.45, 2.75) is 52.7 Å². The Kier molecular flexibility index (Phi) is 6.46. The number of carboxylic acid groups (broad SMARTS) is 1. The minimum atomic E-state index is -0.963. The van der Waals surface area contributed by atoms with Crippen LogP contribution in [-0.4, -0.2) is 17.2 Å². The van der Waals surface area contributed by atoms with E-state index >= 15 is 0 Å². The third-order valence-electron chi connectivity index (χ3n) is 4.27.